The lowest BCUT2D eigenvalue weighted by molar-refractivity contribution is -0.123. The van der Waals surface area contributed by atoms with E-state index in [4.69, 9.17) is 9.47 Å². The Morgan fingerprint density at radius 1 is 0.865 bits per heavy atom. The highest BCUT2D eigenvalue weighted by Crippen LogP contribution is 2.17. The lowest BCUT2D eigenvalue weighted by Gasteiger charge is -2.19. The number of carbonyl (C=O) groups is 4. The highest BCUT2D eigenvalue weighted by Gasteiger charge is 2.16. The number of carbonyl (C=O) groups excluding carboxylic acids is 4. The summed E-state index contributed by atoms with van der Waals surface area (Å²) >= 11 is 0. The Morgan fingerprint density at radius 2 is 1.57 bits per heavy atom. The van der Waals surface area contributed by atoms with Crippen molar-refractivity contribution in [2.24, 2.45) is 5.92 Å². The Balaban J connectivity index is 1.97. The summed E-state index contributed by atoms with van der Waals surface area (Å²) in [7, 11) is 0. The summed E-state index contributed by atoms with van der Waals surface area (Å²) in [5.74, 6) is -0.208. The van der Waals surface area contributed by atoms with E-state index in [0.29, 0.717) is 42.6 Å². The second-order valence-electron chi connectivity index (χ2n) is 8.97. The highest BCUT2D eigenvalue weighted by molar-refractivity contribution is 5.95. The van der Waals surface area contributed by atoms with E-state index >= 15 is 0 Å². The minimum absolute atomic E-state index is 0.0301. The lowest BCUT2D eigenvalue weighted by atomic mass is 10.1. The standard InChI is InChI=1S/C28H37N3O6/c1-5-23(32)11-13-36-17-22(18-37-14-12-27(34)19(3)4)31-28(35)21-8-9-24(29-16-21)20-7-10-25(30-15-20)26(33)6-2/h7-10,15-16,19,22H,5-6,11-14,17-18H2,1-4H3,(H,31,35). The number of hydrogen-bond acceptors (Lipinski definition) is 8. The first-order valence-electron chi connectivity index (χ1n) is 12.7. The fraction of sp³-hybridized carbons (Fsp3) is 0.500. The summed E-state index contributed by atoms with van der Waals surface area (Å²) in [4.78, 5) is 56.5. The van der Waals surface area contributed by atoms with Crippen molar-refractivity contribution in [1.82, 2.24) is 15.3 Å². The molecule has 0 bridgehead atoms. The summed E-state index contributed by atoms with van der Waals surface area (Å²) < 4.78 is 11.2. The number of aromatic nitrogens is 2. The minimum atomic E-state index is -0.467. The largest absolute Gasteiger partial charge is 0.379 e. The summed E-state index contributed by atoms with van der Waals surface area (Å²) in [5, 5.41) is 2.88. The Morgan fingerprint density at radius 3 is 2.11 bits per heavy atom. The molecule has 200 valence electrons. The van der Waals surface area contributed by atoms with Crippen LogP contribution in [0.2, 0.25) is 0 Å². The first-order chi connectivity index (χ1) is 17.7. The van der Waals surface area contributed by atoms with Crippen LogP contribution in [0.1, 0.15) is 74.2 Å². The molecule has 9 nitrogen and oxygen atoms in total. The van der Waals surface area contributed by atoms with Crippen molar-refractivity contribution in [3.8, 4) is 11.3 Å². The predicted molar refractivity (Wildman–Crippen MR) is 139 cm³/mol. The first-order valence-corrected chi connectivity index (χ1v) is 12.7. The van der Waals surface area contributed by atoms with Gasteiger partial charge >= 0.3 is 0 Å². The molecule has 1 atom stereocenters. The Hall–Kier alpha value is -3.30. The minimum Gasteiger partial charge on any atom is -0.379 e. The number of ether oxygens (including phenoxy) is 2. The van der Waals surface area contributed by atoms with Crippen LogP contribution in [0, 0.1) is 5.92 Å². The predicted octanol–water partition coefficient (Wildman–Crippen LogP) is 3.85. The molecular weight excluding hydrogens is 474 g/mol. The molecule has 0 saturated heterocycles. The van der Waals surface area contributed by atoms with Gasteiger partial charge in [-0.25, -0.2) is 0 Å². The van der Waals surface area contributed by atoms with Crippen molar-refractivity contribution >= 4 is 23.3 Å². The molecule has 2 aromatic heterocycles. The van der Waals surface area contributed by atoms with Gasteiger partial charge in [0.2, 0.25) is 0 Å². The molecule has 37 heavy (non-hydrogen) atoms. The van der Waals surface area contributed by atoms with Gasteiger partial charge in [-0.1, -0.05) is 27.7 Å². The van der Waals surface area contributed by atoms with E-state index in [0.717, 1.165) is 5.56 Å². The van der Waals surface area contributed by atoms with E-state index in [1.807, 2.05) is 13.8 Å². The third kappa shape index (κ3) is 10.3. The third-order valence-corrected chi connectivity index (χ3v) is 5.72. The van der Waals surface area contributed by atoms with Gasteiger partial charge in [-0.05, 0) is 24.3 Å². The molecule has 0 aromatic carbocycles. The van der Waals surface area contributed by atoms with Crippen LogP contribution in [-0.4, -0.2) is 65.7 Å². The molecule has 2 rings (SSSR count). The van der Waals surface area contributed by atoms with Gasteiger partial charge in [0.15, 0.2) is 5.78 Å². The maximum absolute atomic E-state index is 12.9. The van der Waals surface area contributed by atoms with Crippen molar-refractivity contribution < 1.29 is 28.7 Å². The molecule has 2 heterocycles. The number of nitrogens with one attached hydrogen (secondary N) is 1. The number of hydrogen-bond donors (Lipinski definition) is 1. The van der Waals surface area contributed by atoms with Gasteiger partial charge in [-0.2, -0.15) is 0 Å². The zero-order valence-electron chi connectivity index (χ0n) is 22.1. The van der Waals surface area contributed by atoms with Crippen molar-refractivity contribution in [3.63, 3.8) is 0 Å². The molecule has 0 aliphatic rings. The molecule has 0 radical (unpaired) electrons. The van der Waals surface area contributed by atoms with Gasteiger partial charge in [-0.15, -0.1) is 0 Å². The zero-order valence-corrected chi connectivity index (χ0v) is 22.1. The molecule has 1 unspecified atom stereocenters. The molecule has 9 heteroatoms. The van der Waals surface area contributed by atoms with Gasteiger partial charge in [0.05, 0.1) is 43.7 Å². The summed E-state index contributed by atoms with van der Waals surface area (Å²) in [6.45, 7) is 8.12. The number of rotatable bonds is 17. The molecular formula is C28H37N3O6. The monoisotopic (exact) mass is 511 g/mol. The molecule has 1 amide bonds. The van der Waals surface area contributed by atoms with Crippen LogP contribution in [-0.2, 0) is 19.1 Å². The number of Topliss-reactive ketones (excluding diaryl/α,β-unsaturated/α-hetero) is 3. The van der Waals surface area contributed by atoms with Crippen LogP contribution in [0.15, 0.2) is 36.7 Å². The maximum atomic E-state index is 12.9. The van der Waals surface area contributed by atoms with Gasteiger partial charge in [-0.3, -0.25) is 29.1 Å². The molecule has 0 fully saturated rings. The van der Waals surface area contributed by atoms with E-state index in [9.17, 15) is 19.2 Å². The van der Waals surface area contributed by atoms with Gasteiger partial charge < -0.3 is 14.8 Å². The second kappa shape index (κ2) is 15.7. The van der Waals surface area contributed by atoms with E-state index in [-0.39, 0.29) is 55.6 Å². The van der Waals surface area contributed by atoms with Crippen LogP contribution in [0.25, 0.3) is 11.3 Å². The first kappa shape index (κ1) is 29.9. The van der Waals surface area contributed by atoms with Crippen LogP contribution in [0.5, 0.6) is 0 Å². The quantitative estimate of drug-likeness (QED) is 0.251. The Kier molecular flexibility index (Phi) is 12.7. The summed E-state index contributed by atoms with van der Waals surface area (Å²) in [6.07, 6.45) is 4.51. The SMILES string of the molecule is CCC(=O)CCOCC(COCCC(=O)C(C)C)NC(=O)c1ccc(-c2ccc(C(=O)CC)nc2)nc1. The summed E-state index contributed by atoms with van der Waals surface area (Å²) in [5.41, 5.74) is 2.12. The van der Waals surface area contributed by atoms with E-state index in [1.165, 1.54) is 6.20 Å². The smallest absolute Gasteiger partial charge is 0.253 e. The van der Waals surface area contributed by atoms with Gasteiger partial charge in [0.1, 0.15) is 17.3 Å². The van der Waals surface area contributed by atoms with Crippen molar-refractivity contribution in [3.05, 3.63) is 47.9 Å². The van der Waals surface area contributed by atoms with E-state index < -0.39 is 6.04 Å². The molecule has 0 spiro atoms. The summed E-state index contributed by atoms with van der Waals surface area (Å²) in [6, 6.07) is 6.34. The van der Waals surface area contributed by atoms with Crippen LogP contribution in [0.4, 0.5) is 0 Å². The van der Waals surface area contributed by atoms with Gasteiger partial charge in [0, 0.05) is 49.6 Å². The normalized spacial score (nSPS) is 11.8. The highest BCUT2D eigenvalue weighted by atomic mass is 16.5. The fourth-order valence-corrected chi connectivity index (χ4v) is 3.27. The Labute approximate surface area is 218 Å². The molecule has 0 saturated carbocycles. The zero-order chi connectivity index (χ0) is 27.2. The number of ketones is 3. The van der Waals surface area contributed by atoms with E-state index in [1.54, 1.807) is 44.3 Å². The third-order valence-electron chi connectivity index (χ3n) is 5.72. The van der Waals surface area contributed by atoms with Crippen molar-refractivity contribution in [2.45, 2.75) is 59.4 Å². The number of amides is 1. The van der Waals surface area contributed by atoms with Crippen LogP contribution in [0.3, 0.4) is 0 Å². The number of nitrogens with zero attached hydrogens (tertiary/aromatic N) is 2. The average molecular weight is 512 g/mol. The Bertz CT molecular complexity index is 1030. The fourth-order valence-electron chi connectivity index (χ4n) is 3.27. The molecule has 2 aromatic rings. The average Bonchev–Trinajstić information content (AvgIpc) is 2.92. The maximum Gasteiger partial charge on any atom is 0.253 e. The van der Waals surface area contributed by atoms with Crippen molar-refractivity contribution in [2.75, 3.05) is 26.4 Å². The number of pyridine rings is 2. The van der Waals surface area contributed by atoms with Crippen molar-refractivity contribution in [1.29, 1.82) is 0 Å². The van der Waals surface area contributed by atoms with Crippen LogP contribution >= 0.6 is 0 Å². The van der Waals surface area contributed by atoms with Gasteiger partial charge in [0.25, 0.3) is 5.91 Å². The second-order valence-corrected chi connectivity index (χ2v) is 8.97. The van der Waals surface area contributed by atoms with E-state index in [2.05, 4.69) is 15.3 Å². The molecule has 1 N–H and O–H groups in total. The topological polar surface area (TPSA) is 125 Å². The molecule has 0 aliphatic heterocycles. The molecule has 0 aliphatic carbocycles. The lowest BCUT2D eigenvalue weighted by Crippen LogP contribution is -2.42. The van der Waals surface area contributed by atoms with Crippen LogP contribution < -0.4 is 5.32 Å².